The molecule has 0 aliphatic carbocycles. The summed E-state index contributed by atoms with van der Waals surface area (Å²) in [6, 6.07) is 7.43. The van der Waals surface area contributed by atoms with E-state index in [1.54, 1.807) is 6.08 Å². The molecule has 80 valence electrons. The Morgan fingerprint density at radius 2 is 2.07 bits per heavy atom. The minimum Gasteiger partial charge on any atom is -0.438 e. The first kappa shape index (κ1) is 11.8. The fourth-order valence-electron chi connectivity index (χ4n) is 1.06. The van der Waals surface area contributed by atoms with Crippen LogP contribution in [0.2, 0.25) is 0 Å². The van der Waals surface area contributed by atoms with Crippen molar-refractivity contribution in [2.75, 3.05) is 7.11 Å². The summed E-state index contributed by atoms with van der Waals surface area (Å²) in [7, 11) is 1.27. The van der Waals surface area contributed by atoms with Gasteiger partial charge in [0, 0.05) is 4.47 Å². The lowest BCUT2D eigenvalue weighted by Gasteiger charge is -2.13. The molecule has 1 aromatic carbocycles. The highest BCUT2D eigenvalue weighted by Crippen LogP contribution is 2.21. The largest absolute Gasteiger partial charge is 0.508 e. The van der Waals surface area contributed by atoms with Gasteiger partial charge in [0.15, 0.2) is 0 Å². The van der Waals surface area contributed by atoms with Crippen LogP contribution in [0.1, 0.15) is 11.7 Å². The van der Waals surface area contributed by atoms with Crippen molar-refractivity contribution in [2.45, 2.75) is 6.10 Å². The molecule has 0 spiro atoms. The molecule has 4 heteroatoms. The molecule has 1 aromatic rings. The molecule has 0 amide bonds. The second kappa shape index (κ2) is 5.56. The third-order valence-electron chi connectivity index (χ3n) is 1.80. The number of carbonyl (C=O) groups is 1. The number of hydrogen-bond acceptors (Lipinski definition) is 3. The fourth-order valence-corrected chi connectivity index (χ4v) is 1.32. The van der Waals surface area contributed by atoms with Crippen molar-refractivity contribution in [3.8, 4) is 0 Å². The SMILES string of the molecule is C=C[C@@H](OC(=O)OC)c1ccc(Br)cc1. The monoisotopic (exact) mass is 270 g/mol. The van der Waals surface area contributed by atoms with Crippen LogP contribution in [0.3, 0.4) is 0 Å². The van der Waals surface area contributed by atoms with Crippen molar-refractivity contribution in [3.05, 3.63) is 47.0 Å². The van der Waals surface area contributed by atoms with Crippen molar-refractivity contribution in [2.24, 2.45) is 0 Å². The topological polar surface area (TPSA) is 35.5 Å². The summed E-state index contributed by atoms with van der Waals surface area (Å²) < 4.78 is 10.4. The first-order valence-electron chi connectivity index (χ1n) is 4.30. The number of halogens is 1. The number of ether oxygens (including phenoxy) is 2. The zero-order valence-electron chi connectivity index (χ0n) is 8.27. The smallest absolute Gasteiger partial charge is 0.438 e. The molecule has 0 fully saturated rings. The number of benzene rings is 1. The van der Waals surface area contributed by atoms with Gasteiger partial charge in [0.25, 0.3) is 0 Å². The number of rotatable bonds is 3. The molecule has 0 unspecified atom stereocenters. The third-order valence-corrected chi connectivity index (χ3v) is 2.33. The molecule has 0 heterocycles. The van der Waals surface area contributed by atoms with Gasteiger partial charge in [0.2, 0.25) is 0 Å². The molecule has 1 atom stereocenters. The minimum atomic E-state index is -0.720. The molecular weight excluding hydrogens is 260 g/mol. The highest BCUT2D eigenvalue weighted by Gasteiger charge is 2.12. The lowest BCUT2D eigenvalue weighted by molar-refractivity contribution is 0.0522. The molecule has 0 aromatic heterocycles. The van der Waals surface area contributed by atoms with Gasteiger partial charge in [0.1, 0.15) is 6.10 Å². The van der Waals surface area contributed by atoms with Crippen molar-refractivity contribution in [1.29, 1.82) is 0 Å². The number of hydrogen-bond donors (Lipinski definition) is 0. The molecule has 0 aliphatic heterocycles. The lowest BCUT2D eigenvalue weighted by atomic mass is 10.1. The van der Waals surface area contributed by atoms with Gasteiger partial charge in [-0.2, -0.15) is 0 Å². The normalized spacial score (nSPS) is 11.6. The van der Waals surface area contributed by atoms with Gasteiger partial charge in [0.05, 0.1) is 7.11 Å². The highest BCUT2D eigenvalue weighted by molar-refractivity contribution is 9.10. The maximum atomic E-state index is 10.9. The third kappa shape index (κ3) is 3.40. The second-order valence-corrected chi connectivity index (χ2v) is 3.70. The van der Waals surface area contributed by atoms with Gasteiger partial charge < -0.3 is 9.47 Å². The molecular formula is C11H11BrO3. The Kier molecular flexibility index (Phi) is 4.37. The Balaban J connectivity index is 2.78. The Hall–Kier alpha value is -1.29. The van der Waals surface area contributed by atoms with Crippen molar-refractivity contribution in [1.82, 2.24) is 0 Å². The molecule has 0 radical (unpaired) electrons. The van der Waals surface area contributed by atoms with E-state index in [2.05, 4.69) is 27.2 Å². The van der Waals surface area contributed by atoms with E-state index in [1.165, 1.54) is 7.11 Å². The zero-order chi connectivity index (χ0) is 11.3. The summed E-state index contributed by atoms with van der Waals surface area (Å²) in [5.41, 5.74) is 0.846. The van der Waals surface area contributed by atoms with E-state index in [0.29, 0.717) is 0 Å². The Morgan fingerprint density at radius 1 is 1.47 bits per heavy atom. The van der Waals surface area contributed by atoms with Crippen LogP contribution in [-0.2, 0) is 9.47 Å². The first-order chi connectivity index (χ1) is 7.17. The van der Waals surface area contributed by atoms with Crippen molar-refractivity contribution >= 4 is 22.1 Å². The van der Waals surface area contributed by atoms with E-state index in [0.717, 1.165) is 10.0 Å². The zero-order valence-corrected chi connectivity index (χ0v) is 9.86. The first-order valence-corrected chi connectivity index (χ1v) is 5.09. The summed E-state index contributed by atoms with van der Waals surface area (Å²) in [6.07, 6.45) is 0.341. The second-order valence-electron chi connectivity index (χ2n) is 2.78. The van der Waals surface area contributed by atoms with E-state index in [9.17, 15) is 4.79 Å². The van der Waals surface area contributed by atoms with Crippen molar-refractivity contribution < 1.29 is 14.3 Å². The van der Waals surface area contributed by atoms with E-state index < -0.39 is 12.3 Å². The quantitative estimate of drug-likeness (QED) is 0.623. The number of methoxy groups -OCH3 is 1. The Bertz CT molecular complexity index is 345. The summed E-state index contributed by atoms with van der Waals surface area (Å²) >= 11 is 3.32. The Morgan fingerprint density at radius 3 is 2.53 bits per heavy atom. The van der Waals surface area contributed by atoms with Crippen LogP contribution < -0.4 is 0 Å². The molecule has 0 aliphatic rings. The van der Waals surface area contributed by atoms with Gasteiger partial charge in [-0.05, 0) is 23.8 Å². The summed E-state index contributed by atoms with van der Waals surface area (Å²) in [5.74, 6) is 0. The molecule has 15 heavy (non-hydrogen) atoms. The Labute approximate surface area is 96.8 Å². The lowest BCUT2D eigenvalue weighted by Crippen LogP contribution is -2.09. The highest BCUT2D eigenvalue weighted by atomic mass is 79.9. The average Bonchev–Trinajstić information content (AvgIpc) is 2.27. The van der Waals surface area contributed by atoms with Crippen LogP contribution in [0.15, 0.2) is 41.4 Å². The molecule has 0 N–H and O–H groups in total. The molecule has 0 saturated heterocycles. The molecule has 0 bridgehead atoms. The van der Waals surface area contributed by atoms with Crippen LogP contribution in [0.25, 0.3) is 0 Å². The van der Waals surface area contributed by atoms with Gasteiger partial charge in [-0.1, -0.05) is 34.6 Å². The summed E-state index contributed by atoms with van der Waals surface area (Å²) in [4.78, 5) is 10.9. The predicted molar refractivity (Wildman–Crippen MR) is 60.6 cm³/mol. The number of carbonyl (C=O) groups excluding carboxylic acids is 1. The van der Waals surface area contributed by atoms with Crippen LogP contribution >= 0.6 is 15.9 Å². The van der Waals surface area contributed by atoms with E-state index in [4.69, 9.17) is 4.74 Å². The summed E-state index contributed by atoms with van der Waals surface area (Å²) in [6.45, 7) is 3.60. The van der Waals surface area contributed by atoms with Crippen molar-refractivity contribution in [3.63, 3.8) is 0 Å². The maximum Gasteiger partial charge on any atom is 0.508 e. The van der Waals surface area contributed by atoms with E-state index >= 15 is 0 Å². The standard InChI is InChI=1S/C11H11BrO3/c1-3-10(15-11(13)14-2)8-4-6-9(12)7-5-8/h3-7,10H,1H2,2H3/t10-/m1/s1. The van der Waals surface area contributed by atoms with Crippen LogP contribution in [0, 0.1) is 0 Å². The minimum absolute atomic E-state index is 0.481. The maximum absolute atomic E-state index is 10.9. The van der Waals surface area contributed by atoms with Gasteiger partial charge >= 0.3 is 6.16 Å². The fraction of sp³-hybridized carbons (Fsp3) is 0.182. The van der Waals surface area contributed by atoms with E-state index in [-0.39, 0.29) is 0 Å². The van der Waals surface area contributed by atoms with Crippen LogP contribution in [-0.4, -0.2) is 13.3 Å². The summed E-state index contributed by atoms with van der Waals surface area (Å²) in [5, 5.41) is 0. The average molecular weight is 271 g/mol. The van der Waals surface area contributed by atoms with E-state index in [1.807, 2.05) is 24.3 Å². The van der Waals surface area contributed by atoms with Gasteiger partial charge in [-0.3, -0.25) is 0 Å². The van der Waals surface area contributed by atoms with Crippen LogP contribution in [0.5, 0.6) is 0 Å². The molecule has 0 saturated carbocycles. The predicted octanol–water partition coefficient (Wildman–Crippen LogP) is 3.46. The van der Waals surface area contributed by atoms with Gasteiger partial charge in [-0.25, -0.2) is 4.79 Å². The van der Waals surface area contributed by atoms with Crippen LogP contribution in [0.4, 0.5) is 4.79 Å². The molecule has 3 nitrogen and oxygen atoms in total. The molecule has 1 rings (SSSR count). The van der Waals surface area contributed by atoms with Gasteiger partial charge in [-0.15, -0.1) is 0 Å².